The fourth-order valence-electron chi connectivity index (χ4n) is 1.16. The van der Waals surface area contributed by atoms with E-state index in [1.165, 1.54) is 19.3 Å². The molecule has 1 aliphatic rings. The van der Waals surface area contributed by atoms with Crippen LogP contribution >= 0.6 is 0 Å². The largest absolute Gasteiger partial charge is 0.253 e. The molecule has 0 aromatic carbocycles. The lowest BCUT2D eigenvalue weighted by molar-refractivity contribution is 0.350. The van der Waals surface area contributed by atoms with Crippen molar-refractivity contribution >= 4 is 9.73 Å². The smallest absolute Gasteiger partial charge is 0.0441 e. The summed E-state index contributed by atoms with van der Waals surface area (Å²) >= 11 is 0. The van der Waals surface area contributed by atoms with Crippen LogP contribution in [0, 0.1) is 10.7 Å². The van der Waals surface area contributed by atoms with Crippen LogP contribution in [0.1, 0.15) is 26.2 Å². The van der Waals surface area contributed by atoms with Gasteiger partial charge in [0.25, 0.3) is 0 Å². The molecule has 0 aromatic heterocycles. The molecule has 2 nitrogen and oxygen atoms in total. The average molecular weight is 161 g/mol. The summed E-state index contributed by atoms with van der Waals surface area (Å²) in [6, 6.07) is 0. The van der Waals surface area contributed by atoms with Gasteiger partial charge in [0.05, 0.1) is 0 Å². The fourth-order valence-corrected chi connectivity index (χ4v) is 2.49. The minimum Gasteiger partial charge on any atom is -0.253 e. The van der Waals surface area contributed by atoms with Crippen molar-refractivity contribution in [2.24, 2.45) is 5.92 Å². The molecule has 0 heterocycles. The second-order valence-electron chi connectivity index (χ2n) is 3.06. The Bertz CT molecular complexity index is 192. The van der Waals surface area contributed by atoms with Crippen molar-refractivity contribution in [3.05, 3.63) is 0 Å². The SMILES string of the molecule is CCS(=N)(=O)CC1CCC1. The Morgan fingerprint density at radius 1 is 1.60 bits per heavy atom. The number of hydrogen-bond acceptors (Lipinski definition) is 2. The molecule has 0 spiro atoms. The summed E-state index contributed by atoms with van der Waals surface area (Å²) in [6.07, 6.45) is 3.69. The summed E-state index contributed by atoms with van der Waals surface area (Å²) in [5, 5.41) is 0. The van der Waals surface area contributed by atoms with Gasteiger partial charge in [0, 0.05) is 21.2 Å². The van der Waals surface area contributed by atoms with Gasteiger partial charge in [-0.2, -0.15) is 0 Å². The highest BCUT2D eigenvalue weighted by Gasteiger charge is 2.21. The zero-order chi connectivity index (χ0) is 7.61. The third-order valence-corrected chi connectivity index (χ3v) is 4.14. The third-order valence-electron chi connectivity index (χ3n) is 2.20. The minimum absolute atomic E-state index is 0.531. The second-order valence-corrected chi connectivity index (χ2v) is 5.60. The summed E-state index contributed by atoms with van der Waals surface area (Å²) in [7, 11) is -2.18. The van der Waals surface area contributed by atoms with Crippen LogP contribution in [0.5, 0.6) is 0 Å². The Balaban J connectivity index is 2.36. The maximum Gasteiger partial charge on any atom is 0.0441 e. The van der Waals surface area contributed by atoms with Crippen molar-refractivity contribution in [1.29, 1.82) is 4.78 Å². The Morgan fingerprint density at radius 2 is 2.20 bits per heavy atom. The standard InChI is InChI=1S/C7H15NOS/c1-2-10(8,9)6-7-4-3-5-7/h7-8H,2-6H2,1H3. The van der Waals surface area contributed by atoms with E-state index in [-0.39, 0.29) is 0 Å². The van der Waals surface area contributed by atoms with Gasteiger partial charge < -0.3 is 0 Å². The van der Waals surface area contributed by atoms with Gasteiger partial charge in [-0.15, -0.1) is 0 Å². The fraction of sp³-hybridized carbons (Fsp3) is 1.00. The van der Waals surface area contributed by atoms with E-state index in [0.717, 1.165) is 0 Å². The zero-order valence-corrected chi connectivity index (χ0v) is 7.25. The van der Waals surface area contributed by atoms with Gasteiger partial charge in [-0.25, -0.2) is 4.21 Å². The van der Waals surface area contributed by atoms with Gasteiger partial charge in [-0.1, -0.05) is 13.3 Å². The summed E-state index contributed by atoms with van der Waals surface area (Å²) in [6.45, 7) is 1.84. The Kier molecular flexibility index (Phi) is 2.34. The molecule has 0 aromatic rings. The molecule has 1 N–H and O–H groups in total. The molecule has 10 heavy (non-hydrogen) atoms. The van der Waals surface area contributed by atoms with E-state index in [1.54, 1.807) is 0 Å². The topological polar surface area (TPSA) is 40.9 Å². The van der Waals surface area contributed by atoms with Gasteiger partial charge in [-0.3, -0.25) is 4.78 Å². The first-order chi connectivity index (χ1) is 4.64. The van der Waals surface area contributed by atoms with E-state index in [2.05, 4.69) is 0 Å². The van der Waals surface area contributed by atoms with Gasteiger partial charge in [0.1, 0.15) is 0 Å². The van der Waals surface area contributed by atoms with E-state index in [9.17, 15) is 4.21 Å². The maximum absolute atomic E-state index is 11.2. The van der Waals surface area contributed by atoms with Crippen molar-refractivity contribution in [1.82, 2.24) is 0 Å². The Hall–Kier alpha value is -0.0500. The van der Waals surface area contributed by atoms with E-state index in [4.69, 9.17) is 4.78 Å². The lowest BCUT2D eigenvalue weighted by atomic mass is 9.87. The average Bonchev–Trinajstić information content (AvgIpc) is 1.80. The first-order valence-corrected chi connectivity index (χ1v) is 5.78. The molecule has 1 aliphatic carbocycles. The molecule has 0 aliphatic heterocycles. The zero-order valence-electron chi connectivity index (χ0n) is 6.43. The first kappa shape index (κ1) is 8.05. The van der Waals surface area contributed by atoms with Crippen LogP contribution in [-0.2, 0) is 9.73 Å². The predicted octanol–water partition coefficient (Wildman–Crippen LogP) is 1.85. The molecule has 1 fully saturated rings. The summed E-state index contributed by atoms with van der Waals surface area (Å²) in [4.78, 5) is 0. The van der Waals surface area contributed by atoms with Crippen molar-refractivity contribution in [2.75, 3.05) is 11.5 Å². The van der Waals surface area contributed by atoms with Crippen molar-refractivity contribution in [2.45, 2.75) is 26.2 Å². The minimum atomic E-state index is -2.18. The van der Waals surface area contributed by atoms with E-state index < -0.39 is 9.73 Å². The van der Waals surface area contributed by atoms with E-state index in [1.807, 2.05) is 6.92 Å². The molecule has 0 bridgehead atoms. The highest BCUT2D eigenvalue weighted by molar-refractivity contribution is 7.92. The van der Waals surface area contributed by atoms with Gasteiger partial charge in [0.15, 0.2) is 0 Å². The second kappa shape index (κ2) is 2.91. The van der Waals surface area contributed by atoms with Crippen LogP contribution in [-0.4, -0.2) is 15.7 Å². The molecular formula is C7H15NOS. The maximum atomic E-state index is 11.2. The summed E-state index contributed by atoms with van der Waals surface area (Å²) < 4.78 is 18.6. The van der Waals surface area contributed by atoms with E-state index >= 15 is 0 Å². The molecule has 1 rings (SSSR count). The lowest BCUT2D eigenvalue weighted by Crippen LogP contribution is -2.22. The summed E-state index contributed by atoms with van der Waals surface area (Å²) in [5.41, 5.74) is 0. The highest BCUT2D eigenvalue weighted by atomic mass is 32.2. The van der Waals surface area contributed by atoms with Crippen LogP contribution in [0.2, 0.25) is 0 Å². The van der Waals surface area contributed by atoms with E-state index in [0.29, 0.717) is 17.4 Å². The van der Waals surface area contributed by atoms with Crippen molar-refractivity contribution < 1.29 is 4.21 Å². The van der Waals surface area contributed by atoms with Crippen LogP contribution in [0.4, 0.5) is 0 Å². The number of hydrogen-bond donors (Lipinski definition) is 1. The van der Waals surface area contributed by atoms with Gasteiger partial charge in [-0.05, 0) is 18.8 Å². The van der Waals surface area contributed by atoms with Crippen LogP contribution in [0.3, 0.4) is 0 Å². The van der Waals surface area contributed by atoms with Crippen LogP contribution < -0.4 is 0 Å². The van der Waals surface area contributed by atoms with Crippen molar-refractivity contribution in [3.8, 4) is 0 Å². The molecule has 1 atom stereocenters. The molecule has 3 heteroatoms. The highest BCUT2D eigenvalue weighted by Crippen LogP contribution is 2.27. The first-order valence-electron chi connectivity index (χ1n) is 3.88. The Labute approximate surface area is 63.0 Å². The lowest BCUT2D eigenvalue weighted by Gasteiger charge is -2.25. The molecular weight excluding hydrogens is 146 g/mol. The molecule has 1 saturated carbocycles. The molecule has 1 unspecified atom stereocenters. The molecule has 0 saturated heterocycles. The molecule has 0 amide bonds. The normalized spacial score (nSPS) is 25.3. The number of nitrogens with one attached hydrogen (secondary N) is 1. The van der Waals surface area contributed by atoms with Gasteiger partial charge in [0.2, 0.25) is 0 Å². The number of rotatable bonds is 3. The third kappa shape index (κ3) is 1.97. The quantitative estimate of drug-likeness (QED) is 0.674. The van der Waals surface area contributed by atoms with Crippen LogP contribution in [0.25, 0.3) is 0 Å². The predicted molar refractivity (Wildman–Crippen MR) is 43.6 cm³/mol. The molecule has 60 valence electrons. The summed E-state index contributed by atoms with van der Waals surface area (Å²) in [5.74, 6) is 1.80. The van der Waals surface area contributed by atoms with Crippen molar-refractivity contribution in [3.63, 3.8) is 0 Å². The monoisotopic (exact) mass is 161 g/mol. The van der Waals surface area contributed by atoms with Crippen LogP contribution in [0.15, 0.2) is 0 Å². The molecule has 0 radical (unpaired) electrons. The Morgan fingerprint density at radius 3 is 2.50 bits per heavy atom. The van der Waals surface area contributed by atoms with Gasteiger partial charge >= 0.3 is 0 Å².